The van der Waals surface area contributed by atoms with Gasteiger partial charge in [0.2, 0.25) is 0 Å². The summed E-state index contributed by atoms with van der Waals surface area (Å²) in [6.45, 7) is 6.87. The van der Waals surface area contributed by atoms with Crippen LogP contribution in [0, 0.1) is 19.8 Å². The van der Waals surface area contributed by atoms with Gasteiger partial charge in [-0.3, -0.25) is 0 Å². The molecular weight excluding hydrogens is 252 g/mol. The molecule has 3 nitrogen and oxygen atoms in total. The Morgan fingerprint density at radius 2 is 1.95 bits per heavy atom. The van der Waals surface area contributed by atoms with Gasteiger partial charge < -0.3 is 14.6 Å². The molecule has 1 aliphatic rings. The molecule has 1 N–H and O–H groups in total. The van der Waals surface area contributed by atoms with E-state index in [1.54, 1.807) is 7.11 Å². The van der Waals surface area contributed by atoms with E-state index in [-0.39, 0.29) is 6.10 Å². The normalized spacial score (nSPS) is 23.2. The van der Waals surface area contributed by atoms with Crippen molar-refractivity contribution >= 4 is 0 Å². The van der Waals surface area contributed by atoms with Crippen molar-refractivity contribution < 1.29 is 14.6 Å². The van der Waals surface area contributed by atoms with Gasteiger partial charge in [-0.2, -0.15) is 0 Å². The van der Waals surface area contributed by atoms with Crippen LogP contribution in [0.15, 0.2) is 12.1 Å². The van der Waals surface area contributed by atoms with Crippen LogP contribution in [0.3, 0.4) is 0 Å². The number of ether oxygens (including phenoxy) is 2. The van der Waals surface area contributed by atoms with Crippen LogP contribution in [0.4, 0.5) is 0 Å². The zero-order valence-electron chi connectivity index (χ0n) is 13.0. The molecule has 0 bridgehead atoms. The fraction of sp³-hybridized carbons (Fsp3) is 0.647. The van der Waals surface area contributed by atoms with Crippen LogP contribution in [0.2, 0.25) is 0 Å². The third kappa shape index (κ3) is 3.33. The van der Waals surface area contributed by atoms with Crippen LogP contribution in [-0.4, -0.2) is 24.9 Å². The summed E-state index contributed by atoms with van der Waals surface area (Å²) in [6.07, 6.45) is 3.03. The first-order valence-corrected chi connectivity index (χ1v) is 7.49. The highest BCUT2D eigenvalue weighted by Gasteiger charge is 2.31. The predicted octanol–water partition coefficient (Wildman–Crippen LogP) is 3.55. The van der Waals surface area contributed by atoms with Gasteiger partial charge in [0.1, 0.15) is 5.75 Å². The zero-order chi connectivity index (χ0) is 14.7. The van der Waals surface area contributed by atoms with Crippen molar-refractivity contribution in [2.24, 2.45) is 5.92 Å². The molecule has 0 amide bonds. The minimum Gasteiger partial charge on any atom is -0.496 e. The fourth-order valence-electron chi connectivity index (χ4n) is 3.07. The average molecular weight is 278 g/mol. The van der Waals surface area contributed by atoms with Crippen LogP contribution >= 0.6 is 0 Å². The lowest BCUT2D eigenvalue weighted by atomic mass is 9.77. The number of benzene rings is 1. The summed E-state index contributed by atoms with van der Waals surface area (Å²) in [5, 5.41) is 10.5. The molecular formula is C17H26O3. The molecule has 0 saturated heterocycles. The van der Waals surface area contributed by atoms with Crippen LogP contribution in [-0.2, 0) is 4.74 Å². The van der Waals surface area contributed by atoms with E-state index in [2.05, 4.69) is 6.07 Å². The highest BCUT2D eigenvalue weighted by atomic mass is 16.5. The number of aliphatic hydroxyl groups is 1. The van der Waals surface area contributed by atoms with Gasteiger partial charge in [-0.05, 0) is 74.8 Å². The minimum absolute atomic E-state index is 0.382. The van der Waals surface area contributed by atoms with Crippen molar-refractivity contribution in [1.29, 1.82) is 0 Å². The Bertz CT molecular complexity index is 450. The van der Waals surface area contributed by atoms with Crippen molar-refractivity contribution in [3.05, 3.63) is 28.8 Å². The molecule has 1 fully saturated rings. The van der Waals surface area contributed by atoms with Gasteiger partial charge in [-0.25, -0.2) is 0 Å². The predicted molar refractivity (Wildman–Crippen MR) is 80.2 cm³/mol. The molecule has 0 aromatic heterocycles. The van der Waals surface area contributed by atoms with Gasteiger partial charge in [0, 0.05) is 6.61 Å². The van der Waals surface area contributed by atoms with Crippen LogP contribution < -0.4 is 4.74 Å². The first-order valence-electron chi connectivity index (χ1n) is 7.49. The Balaban J connectivity index is 1.96. The van der Waals surface area contributed by atoms with Crippen molar-refractivity contribution in [1.82, 2.24) is 0 Å². The van der Waals surface area contributed by atoms with E-state index >= 15 is 0 Å². The molecule has 0 radical (unpaired) electrons. The third-order valence-corrected chi connectivity index (χ3v) is 4.29. The summed E-state index contributed by atoms with van der Waals surface area (Å²) < 4.78 is 10.9. The molecule has 112 valence electrons. The lowest BCUT2D eigenvalue weighted by molar-refractivity contribution is -0.0380. The quantitative estimate of drug-likeness (QED) is 0.865. The Morgan fingerprint density at radius 3 is 2.55 bits per heavy atom. The first-order chi connectivity index (χ1) is 9.55. The van der Waals surface area contributed by atoms with Gasteiger partial charge >= 0.3 is 0 Å². The van der Waals surface area contributed by atoms with Crippen molar-refractivity contribution in [2.45, 2.75) is 52.2 Å². The second kappa shape index (κ2) is 6.59. The minimum atomic E-state index is -0.382. The van der Waals surface area contributed by atoms with E-state index < -0.39 is 0 Å². The van der Waals surface area contributed by atoms with Crippen LogP contribution in [0.1, 0.15) is 49.0 Å². The van der Waals surface area contributed by atoms with E-state index in [0.717, 1.165) is 48.3 Å². The largest absolute Gasteiger partial charge is 0.496 e. The molecule has 3 heteroatoms. The molecule has 1 unspecified atom stereocenters. The number of hydrogen-bond donors (Lipinski definition) is 1. The smallest absolute Gasteiger partial charge is 0.122 e. The van der Waals surface area contributed by atoms with E-state index in [1.807, 2.05) is 26.8 Å². The molecule has 1 aromatic carbocycles. The number of hydrogen-bond acceptors (Lipinski definition) is 3. The lowest BCUT2D eigenvalue weighted by Crippen LogP contribution is -2.32. The maximum atomic E-state index is 10.5. The molecule has 0 spiro atoms. The second-order valence-electron chi connectivity index (χ2n) is 5.84. The molecule has 0 aliphatic heterocycles. The standard InChI is InChI=1S/C17H26O3/c1-5-20-14-8-13(9-14)10-16(18)15-6-12(3)17(19-4)7-11(15)2/h6-7,13-14,16,18H,5,8-10H2,1-4H3. The van der Waals surface area contributed by atoms with Gasteiger partial charge in [0.25, 0.3) is 0 Å². The maximum absolute atomic E-state index is 10.5. The molecule has 1 aromatic rings. The summed E-state index contributed by atoms with van der Waals surface area (Å²) in [7, 11) is 1.68. The average Bonchev–Trinajstić information content (AvgIpc) is 2.38. The second-order valence-corrected chi connectivity index (χ2v) is 5.84. The van der Waals surface area contributed by atoms with Crippen molar-refractivity contribution in [3.63, 3.8) is 0 Å². The molecule has 1 atom stereocenters. The number of rotatable bonds is 6. The lowest BCUT2D eigenvalue weighted by Gasteiger charge is -2.36. The fourth-order valence-corrected chi connectivity index (χ4v) is 3.07. The summed E-state index contributed by atoms with van der Waals surface area (Å²) >= 11 is 0. The monoisotopic (exact) mass is 278 g/mol. The van der Waals surface area contributed by atoms with E-state index in [9.17, 15) is 5.11 Å². The summed E-state index contributed by atoms with van der Waals surface area (Å²) in [5.41, 5.74) is 3.21. The Hall–Kier alpha value is -1.06. The number of aliphatic hydroxyl groups excluding tert-OH is 1. The first kappa shape index (κ1) is 15.3. The molecule has 20 heavy (non-hydrogen) atoms. The van der Waals surface area contributed by atoms with E-state index in [0.29, 0.717) is 12.0 Å². The number of aryl methyl sites for hydroxylation is 2. The van der Waals surface area contributed by atoms with Crippen LogP contribution in [0.5, 0.6) is 5.75 Å². The molecule has 1 aliphatic carbocycles. The van der Waals surface area contributed by atoms with E-state index in [4.69, 9.17) is 9.47 Å². The maximum Gasteiger partial charge on any atom is 0.122 e. The van der Waals surface area contributed by atoms with E-state index in [1.165, 1.54) is 0 Å². The SMILES string of the molecule is CCOC1CC(CC(O)c2cc(C)c(OC)cc2C)C1. The van der Waals surface area contributed by atoms with Gasteiger partial charge in [0.05, 0.1) is 19.3 Å². The van der Waals surface area contributed by atoms with Crippen molar-refractivity contribution in [2.75, 3.05) is 13.7 Å². The zero-order valence-corrected chi connectivity index (χ0v) is 13.0. The molecule has 2 rings (SSSR count). The topological polar surface area (TPSA) is 38.7 Å². The summed E-state index contributed by atoms with van der Waals surface area (Å²) in [5.74, 6) is 1.47. The number of methoxy groups -OCH3 is 1. The van der Waals surface area contributed by atoms with Gasteiger partial charge in [-0.1, -0.05) is 0 Å². The third-order valence-electron chi connectivity index (χ3n) is 4.29. The van der Waals surface area contributed by atoms with Gasteiger partial charge in [-0.15, -0.1) is 0 Å². The highest BCUT2D eigenvalue weighted by molar-refractivity contribution is 5.42. The Morgan fingerprint density at radius 1 is 1.25 bits per heavy atom. The Kier molecular flexibility index (Phi) is 5.06. The summed E-state index contributed by atoms with van der Waals surface area (Å²) in [4.78, 5) is 0. The molecule has 0 heterocycles. The van der Waals surface area contributed by atoms with Crippen molar-refractivity contribution in [3.8, 4) is 5.75 Å². The molecule has 1 saturated carbocycles. The Labute approximate surface area is 121 Å². The summed E-state index contributed by atoms with van der Waals surface area (Å²) in [6, 6.07) is 4.06. The van der Waals surface area contributed by atoms with Crippen LogP contribution in [0.25, 0.3) is 0 Å². The highest BCUT2D eigenvalue weighted by Crippen LogP contribution is 2.38. The van der Waals surface area contributed by atoms with Gasteiger partial charge in [0.15, 0.2) is 0 Å².